The first kappa shape index (κ1) is 20.8. The Hall–Kier alpha value is -1.41. The van der Waals surface area contributed by atoms with E-state index in [2.05, 4.69) is 59.7 Å². The molecule has 155 valence electrons. The molecule has 1 unspecified atom stereocenters. The molecular weight excluding hydrogens is 559 g/mol. The number of imidazole rings is 1. The number of aromatic nitrogens is 2. The summed E-state index contributed by atoms with van der Waals surface area (Å²) in [5, 5.41) is 0. The van der Waals surface area contributed by atoms with Gasteiger partial charge in [-0.3, -0.25) is 13.9 Å². The maximum atomic E-state index is 13.5. The van der Waals surface area contributed by atoms with Gasteiger partial charge in [-0.05, 0) is 39.5 Å². The quantitative estimate of drug-likeness (QED) is 0.235. The minimum Gasteiger partial charge on any atom is -0.477 e. The van der Waals surface area contributed by atoms with Gasteiger partial charge in [-0.15, -0.1) is 24.3 Å². The Kier molecular flexibility index (Phi) is 4.20. The van der Waals surface area contributed by atoms with E-state index >= 15 is 0 Å². The second-order valence-corrected chi connectivity index (χ2v) is 12.0. The fourth-order valence-corrected chi connectivity index (χ4v) is 6.66. The third kappa shape index (κ3) is 2.36. The third-order valence-electron chi connectivity index (χ3n) is 7.91. The first-order valence-corrected chi connectivity index (χ1v) is 11.8. The summed E-state index contributed by atoms with van der Waals surface area (Å²) >= 11 is 0. The van der Waals surface area contributed by atoms with Gasteiger partial charge in [-0.2, -0.15) is 0 Å². The van der Waals surface area contributed by atoms with Gasteiger partial charge in [-0.25, -0.2) is 0 Å². The predicted octanol–water partition coefficient (Wildman–Crippen LogP) is 6.16. The van der Waals surface area contributed by atoms with Crippen molar-refractivity contribution < 1.29 is 29.2 Å². The van der Waals surface area contributed by atoms with E-state index < -0.39 is 7.52 Å². The molecule has 1 atom stereocenters. The molecule has 2 aliphatic rings. The topological polar surface area (TPSA) is 44.1 Å². The van der Waals surface area contributed by atoms with Crippen LogP contribution in [0.15, 0.2) is 30.3 Å². The van der Waals surface area contributed by atoms with Crippen molar-refractivity contribution in [1.82, 2.24) is 9.32 Å². The zero-order valence-corrected chi connectivity index (χ0v) is 21.2. The molecule has 0 saturated carbocycles. The Balaban J connectivity index is 0.00000205. The van der Waals surface area contributed by atoms with Gasteiger partial charge in [0.05, 0.1) is 16.9 Å². The maximum absolute atomic E-state index is 13.5. The van der Waals surface area contributed by atoms with Gasteiger partial charge in [-0.1, -0.05) is 47.1 Å². The summed E-state index contributed by atoms with van der Waals surface area (Å²) in [6, 6.07) is 13.1. The SMILES string of the molecule is CC1(C)c2cc3nc4n(c3cc2C(C)(C)C1(C)C)P(C)(=O)Oc1ccc[c-]c1-4.[Ir]. The minimum absolute atomic E-state index is 0. The zero-order valence-electron chi connectivity index (χ0n) is 17.9. The summed E-state index contributed by atoms with van der Waals surface area (Å²) in [4.78, 5) is 4.91. The summed E-state index contributed by atoms with van der Waals surface area (Å²) in [5.41, 5.74) is 5.19. The molecule has 1 radical (unpaired) electrons. The van der Waals surface area contributed by atoms with Crippen LogP contribution in [0.25, 0.3) is 22.4 Å². The van der Waals surface area contributed by atoms with Gasteiger partial charge in [0.2, 0.25) is 0 Å². The Labute approximate surface area is 185 Å². The normalized spacial score (nSPS) is 24.8. The number of nitrogens with zero attached hydrogens (tertiary/aromatic N) is 2. The van der Waals surface area contributed by atoms with Crippen molar-refractivity contribution in [2.24, 2.45) is 5.41 Å². The Morgan fingerprint density at radius 3 is 2.34 bits per heavy atom. The molecule has 0 N–H and O–H groups in total. The number of hydrogen-bond acceptors (Lipinski definition) is 3. The predicted molar refractivity (Wildman–Crippen MR) is 113 cm³/mol. The molecule has 6 heteroatoms. The van der Waals surface area contributed by atoms with E-state index in [1.165, 1.54) is 11.1 Å². The molecule has 0 saturated heterocycles. The van der Waals surface area contributed by atoms with Crippen LogP contribution in [0.5, 0.6) is 5.75 Å². The molecule has 0 bridgehead atoms. The van der Waals surface area contributed by atoms with Gasteiger partial charge in [0, 0.05) is 32.5 Å². The maximum Gasteiger partial charge on any atom is 0.329 e. The van der Waals surface area contributed by atoms with E-state index in [9.17, 15) is 4.57 Å². The third-order valence-corrected chi connectivity index (χ3v) is 9.58. The first-order valence-electron chi connectivity index (χ1n) is 9.76. The molecule has 0 fully saturated rings. The molecule has 1 aliphatic carbocycles. The first-order chi connectivity index (χ1) is 12.9. The van der Waals surface area contributed by atoms with Gasteiger partial charge in [0.25, 0.3) is 0 Å². The van der Waals surface area contributed by atoms with Crippen molar-refractivity contribution in [2.45, 2.75) is 52.4 Å². The molecule has 29 heavy (non-hydrogen) atoms. The summed E-state index contributed by atoms with van der Waals surface area (Å²) < 4.78 is 21.2. The standard InChI is InChI=1S/C23H26N2O2P.Ir/c1-21(2)15-12-17-18(13-16(15)22(3,4)23(21,5)6)25-20(24-17)14-10-8-9-11-19(14)27-28(25,7)26;/h8-9,11-13H,1-7H3;/q-1;. The second kappa shape index (κ2) is 5.84. The average molecular weight is 586 g/mol. The Morgan fingerprint density at radius 2 is 1.69 bits per heavy atom. The van der Waals surface area contributed by atoms with Crippen LogP contribution < -0.4 is 4.52 Å². The van der Waals surface area contributed by atoms with Crippen LogP contribution in [0.3, 0.4) is 0 Å². The summed E-state index contributed by atoms with van der Waals surface area (Å²) in [6.07, 6.45) is 0. The minimum atomic E-state index is -3.10. The smallest absolute Gasteiger partial charge is 0.329 e. The molecule has 3 aromatic rings. The fraction of sp³-hybridized carbons (Fsp3) is 0.435. The van der Waals surface area contributed by atoms with E-state index in [0.29, 0.717) is 11.6 Å². The van der Waals surface area contributed by atoms with Gasteiger partial charge < -0.3 is 4.52 Å². The number of rotatable bonds is 0. The molecule has 2 aromatic carbocycles. The number of hydrogen-bond donors (Lipinski definition) is 0. The van der Waals surface area contributed by atoms with Crippen LogP contribution in [0.1, 0.15) is 52.7 Å². The van der Waals surface area contributed by atoms with E-state index in [1.807, 2.05) is 18.2 Å². The summed E-state index contributed by atoms with van der Waals surface area (Å²) in [5.74, 6) is 1.27. The van der Waals surface area contributed by atoms with Crippen molar-refractivity contribution >= 4 is 18.6 Å². The van der Waals surface area contributed by atoms with Crippen molar-refractivity contribution in [2.75, 3.05) is 6.66 Å². The van der Waals surface area contributed by atoms with Crippen molar-refractivity contribution in [3.05, 3.63) is 47.5 Å². The molecule has 4 nitrogen and oxygen atoms in total. The summed E-state index contributed by atoms with van der Waals surface area (Å²) in [6.45, 7) is 15.6. The van der Waals surface area contributed by atoms with Gasteiger partial charge >= 0.3 is 7.52 Å². The van der Waals surface area contributed by atoms with Crippen molar-refractivity contribution in [3.63, 3.8) is 0 Å². The van der Waals surface area contributed by atoms with Crippen LogP contribution in [-0.4, -0.2) is 16.0 Å². The fourth-order valence-electron chi connectivity index (χ4n) is 5.03. The van der Waals surface area contributed by atoms with E-state index in [0.717, 1.165) is 16.6 Å². The van der Waals surface area contributed by atoms with Gasteiger partial charge in [0.15, 0.2) is 0 Å². The summed E-state index contributed by atoms with van der Waals surface area (Å²) in [7, 11) is -3.10. The van der Waals surface area contributed by atoms with Crippen LogP contribution in [0, 0.1) is 11.5 Å². The average Bonchev–Trinajstić information content (AvgIpc) is 3.03. The molecule has 1 aliphatic heterocycles. The van der Waals surface area contributed by atoms with Crippen molar-refractivity contribution in [1.29, 1.82) is 0 Å². The van der Waals surface area contributed by atoms with E-state index in [-0.39, 0.29) is 36.4 Å². The van der Waals surface area contributed by atoms with Gasteiger partial charge in [0.1, 0.15) is 0 Å². The van der Waals surface area contributed by atoms with E-state index in [4.69, 9.17) is 9.51 Å². The molecular formula is C23H26IrN2O2P-. The number of benzene rings is 2. The Bertz CT molecular complexity index is 1220. The largest absolute Gasteiger partial charge is 0.477 e. The molecule has 5 rings (SSSR count). The van der Waals surface area contributed by atoms with Crippen LogP contribution in [0.4, 0.5) is 0 Å². The molecule has 0 amide bonds. The molecule has 1 aromatic heterocycles. The molecule has 2 heterocycles. The van der Waals surface area contributed by atoms with Crippen LogP contribution in [0.2, 0.25) is 0 Å². The second-order valence-electron chi connectivity index (χ2n) is 9.81. The monoisotopic (exact) mass is 586 g/mol. The molecule has 0 spiro atoms. The van der Waals surface area contributed by atoms with Crippen LogP contribution >= 0.6 is 7.52 Å². The zero-order chi connectivity index (χ0) is 20.3. The van der Waals surface area contributed by atoms with Crippen LogP contribution in [-0.2, 0) is 35.5 Å². The Morgan fingerprint density at radius 1 is 1.07 bits per heavy atom. The van der Waals surface area contributed by atoms with E-state index in [1.54, 1.807) is 11.0 Å². The van der Waals surface area contributed by atoms with Crippen molar-refractivity contribution in [3.8, 4) is 17.1 Å². The number of fused-ring (bicyclic) bond motifs is 6.